The highest BCUT2D eigenvalue weighted by molar-refractivity contribution is 9.10. The van der Waals surface area contributed by atoms with Crippen LogP contribution in [0.25, 0.3) is 0 Å². The van der Waals surface area contributed by atoms with Crippen LogP contribution in [0.3, 0.4) is 0 Å². The summed E-state index contributed by atoms with van der Waals surface area (Å²) in [7, 11) is 0. The number of rotatable bonds is 3. The van der Waals surface area contributed by atoms with Gasteiger partial charge in [-0.05, 0) is 63.3 Å². The number of amides is 2. The van der Waals surface area contributed by atoms with E-state index in [2.05, 4.69) is 27.3 Å². The molecule has 3 rings (SSSR count). The lowest BCUT2D eigenvalue weighted by Gasteiger charge is -2.30. The molecule has 7 heteroatoms. The Kier molecular flexibility index (Phi) is 5.79. The number of carbonyl (C=O) groups excluding carboxylic acids is 2. The normalized spacial score (nSPS) is 23.1. The third kappa shape index (κ3) is 4.81. The van der Waals surface area contributed by atoms with Crippen LogP contribution in [-0.4, -0.2) is 47.8 Å². The molecule has 5 nitrogen and oxygen atoms in total. The highest BCUT2D eigenvalue weighted by atomic mass is 79.9. The zero-order chi connectivity index (χ0) is 19.8. The monoisotopic (exact) mass is 440 g/mol. The molecular formula is C20H26BrFN2O3. The fourth-order valence-corrected chi connectivity index (χ4v) is 4.26. The van der Waals surface area contributed by atoms with Crippen molar-refractivity contribution in [1.82, 2.24) is 10.2 Å². The van der Waals surface area contributed by atoms with Crippen molar-refractivity contribution in [1.29, 1.82) is 0 Å². The predicted octanol–water partition coefficient (Wildman–Crippen LogP) is 3.94. The first-order valence-electron chi connectivity index (χ1n) is 9.35. The Bertz CT molecular complexity index is 734. The van der Waals surface area contributed by atoms with Crippen LogP contribution in [0.1, 0.15) is 50.7 Å². The van der Waals surface area contributed by atoms with E-state index in [0.29, 0.717) is 13.0 Å². The van der Waals surface area contributed by atoms with Crippen molar-refractivity contribution >= 4 is 27.9 Å². The highest BCUT2D eigenvalue weighted by Gasteiger charge is 2.40. The number of nitrogens with one attached hydrogen (secondary N) is 1. The fraction of sp³-hybridized carbons (Fsp3) is 0.600. The van der Waals surface area contributed by atoms with Gasteiger partial charge in [-0.2, -0.15) is 0 Å². The number of carbonyl (C=O) groups is 2. The van der Waals surface area contributed by atoms with Crippen LogP contribution < -0.4 is 5.32 Å². The van der Waals surface area contributed by atoms with Crippen LogP contribution in [-0.2, 0) is 16.0 Å². The van der Waals surface area contributed by atoms with Crippen molar-refractivity contribution in [2.75, 3.05) is 13.1 Å². The van der Waals surface area contributed by atoms with Gasteiger partial charge in [0.15, 0.2) is 0 Å². The number of nitrogens with zero attached hydrogens (tertiary/aromatic N) is 1. The van der Waals surface area contributed by atoms with Crippen LogP contribution in [0.4, 0.5) is 9.18 Å². The SMILES string of the molecule is CC(C)(C)OC(=O)N[C@H](C(=O)N1CC[C@H](F)C1)[C@H]1CCc2cc(Br)ccc21. The van der Waals surface area contributed by atoms with Crippen molar-refractivity contribution in [2.45, 2.75) is 63.8 Å². The maximum Gasteiger partial charge on any atom is 0.408 e. The molecule has 1 saturated heterocycles. The molecule has 2 aliphatic rings. The number of aryl methyl sites for hydroxylation is 1. The Labute approximate surface area is 167 Å². The first-order valence-corrected chi connectivity index (χ1v) is 10.1. The fourth-order valence-electron chi connectivity index (χ4n) is 3.85. The molecule has 148 valence electrons. The summed E-state index contributed by atoms with van der Waals surface area (Å²) in [5.41, 5.74) is 1.57. The Hall–Kier alpha value is -1.63. The molecule has 27 heavy (non-hydrogen) atoms. The first kappa shape index (κ1) is 20.1. The summed E-state index contributed by atoms with van der Waals surface area (Å²) >= 11 is 3.48. The summed E-state index contributed by atoms with van der Waals surface area (Å²) in [6.45, 7) is 5.80. The number of likely N-dealkylation sites (tertiary alicyclic amines) is 1. The smallest absolute Gasteiger partial charge is 0.408 e. The number of fused-ring (bicyclic) bond motifs is 1. The van der Waals surface area contributed by atoms with E-state index in [4.69, 9.17) is 4.74 Å². The lowest BCUT2D eigenvalue weighted by molar-refractivity contribution is -0.133. The molecule has 0 aromatic heterocycles. The van der Waals surface area contributed by atoms with E-state index < -0.39 is 23.9 Å². The number of halogens is 2. The minimum Gasteiger partial charge on any atom is -0.444 e. The molecule has 1 aliphatic heterocycles. The number of alkyl halides is 1. The number of hydrogen-bond donors (Lipinski definition) is 1. The zero-order valence-electron chi connectivity index (χ0n) is 15.9. The summed E-state index contributed by atoms with van der Waals surface area (Å²) in [6.07, 6.45) is 0.319. The molecule has 0 saturated carbocycles. The summed E-state index contributed by atoms with van der Waals surface area (Å²) in [5, 5.41) is 2.78. The second kappa shape index (κ2) is 7.78. The maximum absolute atomic E-state index is 13.6. The molecule has 1 N–H and O–H groups in total. The molecule has 1 fully saturated rings. The second-order valence-corrected chi connectivity index (χ2v) is 9.20. The minimum atomic E-state index is -0.997. The van der Waals surface area contributed by atoms with Crippen LogP contribution in [0.5, 0.6) is 0 Å². The number of alkyl carbamates (subject to hydrolysis) is 1. The van der Waals surface area contributed by atoms with E-state index in [1.807, 2.05) is 12.1 Å². The molecule has 1 aliphatic carbocycles. The average Bonchev–Trinajstić information content (AvgIpc) is 3.16. The summed E-state index contributed by atoms with van der Waals surface area (Å²) in [4.78, 5) is 27.0. The lowest BCUT2D eigenvalue weighted by atomic mass is 9.92. The molecule has 1 aromatic rings. The van der Waals surface area contributed by atoms with Gasteiger partial charge in [0.1, 0.15) is 17.8 Å². The van der Waals surface area contributed by atoms with Gasteiger partial charge in [0.2, 0.25) is 5.91 Å². The molecule has 1 aromatic carbocycles. The summed E-state index contributed by atoms with van der Waals surface area (Å²) in [5.74, 6) is -0.381. The average molecular weight is 441 g/mol. The van der Waals surface area contributed by atoms with Crippen molar-refractivity contribution in [2.24, 2.45) is 0 Å². The zero-order valence-corrected chi connectivity index (χ0v) is 17.5. The van der Waals surface area contributed by atoms with Gasteiger partial charge in [-0.3, -0.25) is 4.79 Å². The molecule has 0 radical (unpaired) electrons. The van der Waals surface area contributed by atoms with Gasteiger partial charge in [0, 0.05) is 16.9 Å². The van der Waals surface area contributed by atoms with Crippen LogP contribution in [0.2, 0.25) is 0 Å². The van der Waals surface area contributed by atoms with E-state index in [1.54, 1.807) is 20.8 Å². The van der Waals surface area contributed by atoms with E-state index >= 15 is 0 Å². The van der Waals surface area contributed by atoms with Gasteiger partial charge in [-0.25, -0.2) is 9.18 Å². The Morgan fingerprint density at radius 2 is 2.07 bits per heavy atom. The van der Waals surface area contributed by atoms with E-state index in [0.717, 1.165) is 22.9 Å². The molecule has 1 heterocycles. The van der Waals surface area contributed by atoms with Crippen LogP contribution >= 0.6 is 15.9 Å². The largest absolute Gasteiger partial charge is 0.444 e. The van der Waals surface area contributed by atoms with Crippen molar-refractivity contribution < 1.29 is 18.7 Å². The van der Waals surface area contributed by atoms with E-state index in [9.17, 15) is 14.0 Å². The predicted molar refractivity (Wildman–Crippen MR) is 104 cm³/mol. The standard InChI is InChI=1S/C20H26BrFN2O3/c1-20(2,3)27-19(26)23-17(18(25)24-9-8-14(22)11-24)16-6-4-12-10-13(21)5-7-15(12)16/h5,7,10,14,16-17H,4,6,8-9,11H2,1-3H3,(H,23,26)/t14-,16-,17-/m0/s1. The summed E-state index contributed by atoms with van der Waals surface area (Å²) in [6, 6.07) is 5.24. The number of benzene rings is 1. The molecule has 3 atom stereocenters. The summed E-state index contributed by atoms with van der Waals surface area (Å²) < 4.78 is 20.0. The lowest BCUT2D eigenvalue weighted by Crippen LogP contribution is -2.51. The Morgan fingerprint density at radius 1 is 1.33 bits per heavy atom. The highest BCUT2D eigenvalue weighted by Crippen LogP contribution is 2.38. The second-order valence-electron chi connectivity index (χ2n) is 8.28. The molecular weight excluding hydrogens is 415 g/mol. The van der Waals surface area contributed by atoms with Gasteiger partial charge in [-0.15, -0.1) is 0 Å². The van der Waals surface area contributed by atoms with Gasteiger partial charge >= 0.3 is 6.09 Å². The van der Waals surface area contributed by atoms with Crippen molar-refractivity contribution in [3.63, 3.8) is 0 Å². The van der Waals surface area contributed by atoms with Crippen molar-refractivity contribution in [3.05, 3.63) is 33.8 Å². The van der Waals surface area contributed by atoms with Crippen LogP contribution in [0, 0.1) is 0 Å². The molecule has 2 amide bonds. The first-order chi connectivity index (χ1) is 12.6. The van der Waals surface area contributed by atoms with Crippen molar-refractivity contribution in [3.8, 4) is 0 Å². The maximum atomic E-state index is 13.6. The number of ether oxygens (including phenoxy) is 1. The van der Waals surface area contributed by atoms with E-state index in [1.165, 1.54) is 10.5 Å². The third-order valence-corrected chi connectivity index (χ3v) is 5.51. The Morgan fingerprint density at radius 3 is 2.70 bits per heavy atom. The molecule has 0 spiro atoms. The minimum absolute atomic E-state index is 0.0885. The number of hydrogen-bond acceptors (Lipinski definition) is 3. The molecule has 0 bridgehead atoms. The van der Waals surface area contributed by atoms with Crippen LogP contribution in [0.15, 0.2) is 22.7 Å². The van der Waals surface area contributed by atoms with E-state index in [-0.39, 0.29) is 18.4 Å². The topological polar surface area (TPSA) is 58.6 Å². The molecule has 0 unspecified atom stereocenters. The van der Waals surface area contributed by atoms with Gasteiger partial charge in [-0.1, -0.05) is 22.0 Å². The van der Waals surface area contributed by atoms with Gasteiger partial charge < -0.3 is 15.0 Å². The Balaban J connectivity index is 1.84. The van der Waals surface area contributed by atoms with Gasteiger partial charge in [0.25, 0.3) is 0 Å². The quantitative estimate of drug-likeness (QED) is 0.773. The van der Waals surface area contributed by atoms with Gasteiger partial charge in [0.05, 0.1) is 6.54 Å². The third-order valence-electron chi connectivity index (χ3n) is 5.01.